The quantitative estimate of drug-likeness (QED) is 0.899. The molecule has 0 radical (unpaired) electrons. The average Bonchev–Trinajstić information content (AvgIpc) is 2.86. The molecule has 3 fully saturated rings. The van der Waals surface area contributed by atoms with Gasteiger partial charge in [0, 0.05) is 18.1 Å². The Labute approximate surface area is 113 Å². The van der Waals surface area contributed by atoms with E-state index < -0.39 is 0 Å². The number of amides is 1. The van der Waals surface area contributed by atoms with Crippen LogP contribution in [-0.2, 0) is 11.3 Å². The van der Waals surface area contributed by atoms with Crippen molar-refractivity contribution >= 4 is 5.91 Å². The maximum absolute atomic E-state index is 12.8. The van der Waals surface area contributed by atoms with Gasteiger partial charge in [0.05, 0.1) is 18.7 Å². The molecule has 1 aliphatic carbocycles. The predicted molar refractivity (Wildman–Crippen MR) is 70.3 cm³/mol. The van der Waals surface area contributed by atoms with Gasteiger partial charge in [-0.05, 0) is 44.2 Å². The molecule has 1 amide bonds. The van der Waals surface area contributed by atoms with Gasteiger partial charge in [0.2, 0.25) is 5.91 Å². The van der Waals surface area contributed by atoms with Crippen LogP contribution in [0, 0.1) is 5.92 Å². The number of fused-ring (bicyclic) bond motifs is 2. The highest BCUT2D eigenvalue weighted by molar-refractivity contribution is 5.81. The minimum absolute atomic E-state index is 0.203. The van der Waals surface area contributed by atoms with E-state index in [9.17, 15) is 4.79 Å². The molecule has 102 valence electrons. The summed E-state index contributed by atoms with van der Waals surface area (Å²) in [6.07, 6.45) is 7.44. The highest BCUT2D eigenvalue weighted by atomic mass is 16.3. The molecule has 4 nitrogen and oxygen atoms in total. The van der Waals surface area contributed by atoms with Crippen LogP contribution in [0.3, 0.4) is 0 Å². The molecule has 0 aromatic carbocycles. The largest absolute Gasteiger partial charge is 0.467 e. The molecule has 19 heavy (non-hydrogen) atoms. The second-order valence-corrected chi connectivity index (χ2v) is 6.17. The third-order valence-electron chi connectivity index (χ3n) is 4.79. The number of furan rings is 1. The van der Waals surface area contributed by atoms with Gasteiger partial charge in [0.15, 0.2) is 0 Å². The third kappa shape index (κ3) is 2.08. The molecule has 2 bridgehead atoms. The Kier molecular flexibility index (Phi) is 2.65. The summed E-state index contributed by atoms with van der Waals surface area (Å²) in [7, 11) is 0. The lowest BCUT2D eigenvalue weighted by Crippen LogP contribution is -2.41. The highest BCUT2D eigenvalue weighted by Gasteiger charge is 2.46. The lowest BCUT2D eigenvalue weighted by Gasteiger charge is -2.28. The molecule has 2 aliphatic heterocycles. The second kappa shape index (κ2) is 4.37. The topological polar surface area (TPSA) is 45.5 Å². The van der Waals surface area contributed by atoms with Crippen LogP contribution in [0.5, 0.6) is 0 Å². The number of nitrogens with zero attached hydrogens (tertiary/aromatic N) is 1. The Morgan fingerprint density at radius 1 is 1.37 bits per heavy atom. The Balaban J connectivity index is 1.49. The summed E-state index contributed by atoms with van der Waals surface area (Å²) in [5, 5.41) is 3.56. The number of hydrogen-bond acceptors (Lipinski definition) is 3. The van der Waals surface area contributed by atoms with E-state index >= 15 is 0 Å². The Bertz CT molecular complexity index is 466. The molecule has 4 rings (SSSR count). The summed E-state index contributed by atoms with van der Waals surface area (Å²) in [6, 6.07) is 5.32. The molecular weight excluding hydrogens is 240 g/mol. The number of carbonyl (C=O) groups is 1. The van der Waals surface area contributed by atoms with E-state index in [1.165, 1.54) is 12.8 Å². The minimum atomic E-state index is 0.203. The number of hydrogen-bond donors (Lipinski definition) is 1. The van der Waals surface area contributed by atoms with Gasteiger partial charge in [0.1, 0.15) is 5.76 Å². The summed E-state index contributed by atoms with van der Waals surface area (Å²) in [6.45, 7) is 0.643. The lowest BCUT2D eigenvalue weighted by atomic mass is 9.88. The van der Waals surface area contributed by atoms with Gasteiger partial charge in [-0.25, -0.2) is 0 Å². The van der Waals surface area contributed by atoms with Crippen LogP contribution >= 0.6 is 0 Å². The van der Waals surface area contributed by atoms with Crippen LogP contribution in [0.1, 0.15) is 37.9 Å². The fourth-order valence-corrected chi connectivity index (χ4v) is 3.65. The monoisotopic (exact) mass is 260 g/mol. The van der Waals surface area contributed by atoms with E-state index in [1.807, 2.05) is 12.1 Å². The first-order valence-corrected chi connectivity index (χ1v) is 7.40. The summed E-state index contributed by atoms with van der Waals surface area (Å²) < 4.78 is 5.41. The Morgan fingerprint density at radius 3 is 2.84 bits per heavy atom. The zero-order valence-electron chi connectivity index (χ0n) is 11.0. The molecule has 1 aromatic heterocycles. The smallest absolute Gasteiger partial charge is 0.227 e. The van der Waals surface area contributed by atoms with Crippen molar-refractivity contribution in [3.05, 3.63) is 24.2 Å². The number of carbonyl (C=O) groups excluding carboxylic acids is 1. The van der Waals surface area contributed by atoms with Crippen molar-refractivity contribution < 1.29 is 9.21 Å². The molecule has 0 spiro atoms. The summed E-state index contributed by atoms with van der Waals surface area (Å²) in [4.78, 5) is 14.8. The Hall–Kier alpha value is -1.29. The lowest BCUT2D eigenvalue weighted by molar-refractivity contribution is -0.137. The summed E-state index contributed by atoms with van der Waals surface area (Å²) in [5.41, 5.74) is 0. The van der Waals surface area contributed by atoms with Gasteiger partial charge in [-0.2, -0.15) is 0 Å². The molecule has 3 heterocycles. The van der Waals surface area contributed by atoms with Crippen molar-refractivity contribution in [2.45, 2.75) is 56.8 Å². The van der Waals surface area contributed by atoms with Crippen molar-refractivity contribution in [3.63, 3.8) is 0 Å². The number of rotatable bonds is 4. The predicted octanol–water partition coefficient (Wildman–Crippen LogP) is 1.91. The van der Waals surface area contributed by atoms with Gasteiger partial charge < -0.3 is 14.6 Å². The average molecular weight is 260 g/mol. The SMILES string of the molecule is O=C(C1CC2CCC1N2)N(Cc1ccco1)C1CC1. The molecule has 1 aromatic rings. The van der Waals surface area contributed by atoms with Crippen LogP contribution in [0.15, 0.2) is 22.8 Å². The van der Waals surface area contributed by atoms with E-state index in [0.29, 0.717) is 30.6 Å². The normalized spacial score (nSPS) is 32.7. The first-order chi connectivity index (χ1) is 9.31. The standard InChI is InChI=1S/C15H20N2O2/c18-15(13-8-10-3-6-14(13)16-10)17(11-4-5-11)9-12-2-1-7-19-12/h1-2,7,10-11,13-14,16H,3-6,8-9H2. The van der Waals surface area contributed by atoms with Crippen LogP contribution in [0.4, 0.5) is 0 Å². The number of nitrogens with one attached hydrogen (secondary N) is 1. The minimum Gasteiger partial charge on any atom is -0.467 e. The summed E-state index contributed by atoms with van der Waals surface area (Å²) in [5.74, 6) is 1.45. The van der Waals surface area contributed by atoms with E-state index in [0.717, 1.165) is 25.0 Å². The zero-order chi connectivity index (χ0) is 12.8. The van der Waals surface area contributed by atoms with Gasteiger partial charge in [0.25, 0.3) is 0 Å². The van der Waals surface area contributed by atoms with E-state index in [-0.39, 0.29) is 5.92 Å². The van der Waals surface area contributed by atoms with Gasteiger partial charge in [-0.15, -0.1) is 0 Å². The third-order valence-corrected chi connectivity index (χ3v) is 4.79. The van der Waals surface area contributed by atoms with Crippen LogP contribution in [-0.4, -0.2) is 28.9 Å². The van der Waals surface area contributed by atoms with E-state index in [2.05, 4.69) is 10.2 Å². The summed E-state index contributed by atoms with van der Waals surface area (Å²) >= 11 is 0. The fourth-order valence-electron chi connectivity index (χ4n) is 3.65. The fraction of sp³-hybridized carbons (Fsp3) is 0.667. The van der Waals surface area contributed by atoms with Crippen LogP contribution in [0.25, 0.3) is 0 Å². The van der Waals surface area contributed by atoms with Gasteiger partial charge in [-0.1, -0.05) is 0 Å². The molecule has 3 atom stereocenters. The van der Waals surface area contributed by atoms with Crippen molar-refractivity contribution in [1.29, 1.82) is 0 Å². The molecule has 2 saturated heterocycles. The molecule has 1 saturated carbocycles. The van der Waals surface area contributed by atoms with Gasteiger partial charge >= 0.3 is 0 Å². The maximum Gasteiger partial charge on any atom is 0.227 e. The van der Waals surface area contributed by atoms with E-state index in [4.69, 9.17) is 4.42 Å². The highest BCUT2D eigenvalue weighted by Crippen LogP contribution is 2.37. The van der Waals surface area contributed by atoms with Crippen LogP contribution < -0.4 is 5.32 Å². The molecule has 3 unspecified atom stereocenters. The van der Waals surface area contributed by atoms with Crippen LogP contribution in [0.2, 0.25) is 0 Å². The van der Waals surface area contributed by atoms with Gasteiger partial charge in [-0.3, -0.25) is 4.79 Å². The molecule has 3 aliphatic rings. The molecule has 1 N–H and O–H groups in total. The van der Waals surface area contributed by atoms with E-state index in [1.54, 1.807) is 6.26 Å². The maximum atomic E-state index is 12.8. The first-order valence-electron chi connectivity index (χ1n) is 7.40. The van der Waals surface area contributed by atoms with Crippen molar-refractivity contribution in [3.8, 4) is 0 Å². The molecular formula is C15H20N2O2. The molecule has 4 heteroatoms. The Morgan fingerprint density at radius 2 is 2.26 bits per heavy atom. The zero-order valence-corrected chi connectivity index (χ0v) is 11.0. The van der Waals surface area contributed by atoms with Crippen molar-refractivity contribution in [2.24, 2.45) is 5.92 Å². The van der Waals surface area contributed by atoms with Crippen molar-refractivity contribution in [1.82, 2.24) is 10.2 Å². The second-order valence-electron chi connectivity index (χ2n) is 6.17. The first kappa shape index (κ1) is 11.5. The van der Waals surface area contributed by atoms with Crippen molar-refractivity contribution in [2.75, 3.05) is 0 Å².